The fourth-order valence-electron chi connectivity index (χ4n) is 4.74. The Balaban J connectivity index is 1.92. The average molecular weight is 499 g/mol. The Hall–Kier alpha value is -2.74. The molecule has 2 N–H and O–H groups in total. The van der Waals surface area contributed by atoms with Crippen LogP contribution in [0.2, 0.25) is 0 Å². The third-order valence-corrected chi connectivity index (χ3v) is 6.75. The number of carbonyl (C=O) groups excluding carboxylic acids is 1. The summed E-state index contributed by atoms with van der Waals surface area (Å²) in [5, 5.41) is 22.1. The van der Waals surface area contributed by atoms with E-state index in [0.717, 1.165) is 57.3 Å². The number of nitrogens with zero attached hydrogens (tertiary/aromatic N) is 2. The Morgan fingerprint density at radius 1 is 1.03 bits per heavy atom. The van der Waals surface area contributed by atoms with Crippen molar-refractivity contribution in [3.8, 4) is 5.75 Å². The van der Waals surface area contributed by atoms with Gasteiger partial charge in [-0.1, -0.05) is 38.8 Å². The quantitative estimate of drug-likeness (QED) is 0.287. The molecule has 0 radical (unpaired) electrons. The van der Waals surface area contributed by atoms with Gasteiger partial charge in [0.15, 0.2) is 6.23 Å². The van der Waals surface area contributed by atoms with Gasteiger partial charge in [0.2, 0.25) is 5.78 Å². The standard InChI is InChI=1S/C29H39FN2O4/c1-4-6-16-31(17-7-5-2)18-9-19-32-26(22-10-8-11-24(20-22)36-3)25(28(34)29(32)35)27(33)21-12-14-23(30)15-13-21/h8,10-15,20,26,29,33,35H,4-7,9,16-19H2,1-3H3/t26-,29-/m0/s1. The number of ether oxygens (including phenoxy) is 1. The number of methoxy groups -OCH3 is 1. The normalized spacial score (nSPS) is 19.8. The fraction of sp³-hybridized carbons (Fsp3) is 0.483. The van der Waals surface area contributed by atoms with E-state index in [-0.39, 0.29) is 11.3 Å². The molecule has 0 unspecified atom stereocenters. The fourth-order valence-corrected chi connectivity index (χ4v) is 4.74. The molecule has 6 nitrogen and oxygen atoms in total. The van der Waals surface area contributed by atoms with E-state index < -0.39 is 23.9 Å². The van der Waals surface area contributed by atoms with Crippen molar-refractivity contribution >= 4 is 11.5 Å². The van der Waals surface area contributed by atoms with Gasteiger partial charge < -0.3 is 19.8 Å². The molecule has 2 aromatic rings. The molecule has 2 aromatic carbocycles. The molecule has 7 heteroatoms. The van der Waals surface area contributed by atoms with E-state index in [9.17, 15) is 19.4 Å². The van der Waals surface area contributed by atoms with Crippen LogP contribution in [-0.2, 0) is 4.79 Å². The Morgan fingerprint density at radius 2 is 1.67 bits per heavy atom. The van der Waals surface area contributed by atoms with E-state index in [2.05, 4.69) is 18.7 Å². The molecule has 196 valence electrons. The van der Waals surface area contributed by atoms with Crippen molar-refractivity contribution in [1.29, 1.82) is 0 Å². The van der Waals surface area contributed by atoms with Crippen LogP contribution >= 0.6 is 0 Å². The topological polar surface area (TPSA) is 73.2 Å². The number of aliphatic hydroxyl groups excluding tert-OH is 2. The van der Waals surface area contributed by atoms with Gasteiger partial charge in [-0.05, 0) is 80.9 Å². The molecule has 1 aliphatic rings. The molecule has 0 bridgehead atoms. The lowest BCUT2D eigenvalue weighted by Crippen LogP contribution is -2.37. The largest absolute Gasteiger partial charge is 0.507 e. The van der Waals surface area contributed by atoms with Crippen LogP contribution in [0.1, 0.15) is 63.1 Å². The zero-order chi connectivity index (χ0) is 26.1. The Morgan fingerprint density at radius 3 is 2.28 bits per heavy atom. The van der Waals surface area contributed by atoms with Crippen LogP contribution in [0.5, 0.6) is 5.75 Å². The number of halogens is 1. The van der Waals surface area contributed by atoms with Crippen molar-refractivity contribution < 1.29 is 24.1 Å². The summed E-state index contributed by atoms with van der Waals surface area (Å²) in [6.07, 6.45) is 3.94. The number of hydrogen-bond donors (Lipinski definition) is 2. The van der Waals surface area contributed by atoms with Gasteiger partial charge in [-0.3, -0.25) is 9.69 Å². The number of rotatable bonds is 13. The van der Waals surface area contributed by atoms with Crippen molar-refractivity contribution in [1.82, 2.24) is 9.80 Å². The van der Waals surface area contributed by atoms with E-state index in [4.69, 9.17) is 4.74 Å². The highest BCUT2D eigenvalue weighted by atomic mass is 19.1. The molecule has 1 fully saturated rings. The highest BCUT2D eigenvalue weighted by Crippen LogP contribution is 2.41. The zero-order valence-electron chi connectivity index (χ0n) is 21.6. The first kappa shape index (κ1) is 27.8. The maximum absolute atomic E-state index is 13.5. The molecule has 0 spiro atoms. The highest BCUT2D eigenvalue weighted by Gasteiger charge is 2.46. The van der Waals surface area contributed by atoms with E-state index in [0.29, 0.717) is 17.9 Å². The summed E-state index contributed by atoms with van der Waals surface area (Å²) in [7, 11) is 1.57. The number of ketones is 1. The zero-order valence-corrected chi connectivity index (χ0v) is 21.6. The maximum Gasteiger partial charge on any atom is 0.208 e. The second kappa shape index (κ2) is 13.5. The lowest BCUT2D eigenvalue weighted by molar-refractivity contribution is -0.127. The van der Waals surface area contributed by atoms with Gasteiger partial charge in [-0.2, -0.15) is 0 Å². The van der Waals surface area contributed by atoms with Gasteiger partial charge in [-0.25, -0.2) is 4.39 Å². The van der Waals surface area contributed by atoms with Crippen LogP contribution in [0.25, 0.3) is 5.76 Å². The van der Waals surface area contributed by atoms with Crippen molar-refractivity contribution in [2.45, 2.75) is 58.2 Å². The van der Waals surface area contributed by atoms with Gasteiger partial charge in [-0.15, -0.1) is 0 Å². The van der Waals surface area contributed by atoms with Crippen molar-refractivity contribution in [3.05, 3.63) is 71.0 Å². The number of unbranched alkanes of at least 4 members (excludes halogenated alkanes) is 2. The van der Waals surface area contributed by atoms with Crippen LogP contribution < -0.4 is 4.74 Å². The molecule has 3 rings (SSSR count). The maximum atomic E-state index is 13.5. The number of Topliss-reactive ketones (excluding diaryl/α,β-unsaturated/α-hetero) is 1. The first-order valence-corrected chi connectivity index (χ1v) is 12.9. The summed E-state index contributed by atoms with van der Waals surface area (Å²) in [5.41, 5.74) is 1.17. The predicted octanol–water partition coefficient (Wildman–Crippen LogP) is 5.34. The molecule has 1 aliphatic heterocycles. The van der Waals surface area contributed by atoms with E-state index in [1.807, 2.05) is 24.3 Å². The number of aliphatic hydroxyl groups is 2. The van der Waals surface area contributed by atoms with Crippen LogP contribution in [0.3, 0.4) is 0 Å². The van der Waals surface area contributed by atoms with Crippen molar-refractivity contribution in [2.75, 3.05) is 33.3 Å². The summed E-state index contributed by atoms with van der Waals surface area (Å²) in [6, 6.07) is 12.0. The smallest absolute Gasteiger partial charge is 0.208 e. The molecule has 0 aromatic heterocycles. The third-order valence-electron chi connectivity index (χ3n) is 6.75. The summed E-state index contributed by atoms with van der Waals surface area (Å²) in [6.45, 7) is 7.78. The Bertz CT molecular complexity index is 1020. The van der Waals surface area contributed by atoms with E-state index >= 15 is 0 Å². The first-order valence-electron chi connectivity index (χ1n) is 12.9. The predicted molar refractivity (Wildman–Crippen MR) is 140 cm³/mol. The number of hydrogen-bond acceptors (Lipinski definition) is 6. The summed E-state index contributed by atoms with van der Waals surface area (Å²) in [4.78, 5) is 17.5. The first-order chi connectivity index (χ1) is 17.4. The Labute approximate surface area is 214 Å². The Kier molecular flexibility index (Phi) is 10.5. The van der Waals surface area contributed by atoms with Gasteiger partial charge in [0.1, 0.15) is 17.3 Å². The van der Waals surface area contributed by atoms with Crippen LogP contribution in [0.4, 0.5) is 4.39 Å². The molecular weight excluding hydrogens is 459 g/mol. The molecule has 1 heterocycles. The van der Waals surface area contributed by atoms with Gasteiger partial charge in [0.05, 0.1) is 18.7 Å². The average Bonchev–Trinajstić information content (AvgIpc) is 3.15. The summed E-state index contributed by atoms with van der Waals surface area (Å²) < 4.78 is 18.9. The van der Waals surface area contributed by atoms with E-state index in [1.54, 1.807) is 12.0 Å². The molecule has 0 saturated carbocycles. The van der Waals surface area contributed by atoms with Gasteiger partial charge >= 0.3 is 0 Å². The molecule has 0 aliphatic carbocycles. The number of carbonyl (C=O) groups is 1. The second-order valence-electron chi connectivity index (χ2n) is 9.33. The lowest BCUT2D eigenvalue weighted by Gasteiger charge is -2.29. The SMILES string of the molecule is CCCCN(CCCC)CCCN1[C@@H](c2cccc(OC)c2)C(=C(O)c2ccc(F)cc2)C(=O)[C@@H]1O. The minimum absolute atomic E-state index is 0.108. The molecule has 2 atom stereocenters. The third kappa shape index (κ3) is 6.72. The lowest BCUT2D eigenvalue weighted by atomic mass is 9.95. The summed E-state index contributed by atoms with van der Waals surface area (Å²) in [5.74, 6) is -0.608. The molecule has 1 saturated heterocycles. The van der Waals surface area contributed by atoms with Crippen LogP contribution in [0, 0.1) is 5.82 Å². The minimum atomic E-state index is -1.38. The van der Waals surface area contributed by atoms with E-state index in [1.165, 1.54) is 24.3 Å². The van der Waals surface area contributed by atoms with Gasteiger partial charge in [0.25, 0.3) is 0 Å². The number of benzene rings is 2. The molecule has 36 heavy (non-hydrogen) atoms. The minimum Gasteiger partial charge on any atom is -0.507 e. The number of likely N-dealkylation sites (tertiary alicyclic amines) is 1. The highest BCUT2D eigenvalue weighted by molar-refractivity contribution is 6.07. The van der Waals surface area contributed by atoms with Crippen molar-refractivity contribution in [3.63, 3.8) is 0 Å². The summed E-state index contributed by atoms with van der Waals surface area (Å²) >= 11 is 0. The van der Waals surface area contributed by atoms with Crippen LogP contribution in [-0.4, -0.2) is 65.3 Å². The monoisotopic (exact) mass is 498 g/mol. The second-order valence-corrected chi connectivity index (χ2v) is 9.33. The van der Waals surface area contributed by atoms with Crippen molar-refractivity contribution in [2.24, 2.45) is 0 Å². The molecular formula is C29H39FN2O4. The molecule has 0 amide bonds. The van der Waals surface area contributed by atoms with Gasteiger partial charge in [0, 0.05) is 12.1 Å². The van der Waals surface area contributed by atoms with Crippen LogP contribution in [0.15, 0.2) is 54.1 Å².